The number of aryl methyl sites for hydroxylation is 1. The van der Waals surface area contributed by atoms with E-state index in [0.717, 1.165) is 43.3 Å². The summed E-state index contributed by atoms with van der Waals surface area (Å²) in [5.41, 5.74) is -25.0. The number of benzene rings is 3. The maximum atomic E-state index is 15.6. The monoisotopic (exact) mass is 728 g/mol. The fraction of sp³-hybridized carbons (Fsp3) is 0.118. The van der Waals surface area contributed by atoms with E-state index in [-0.39, 0.29) is 12.1 Å². The number of hydrogen-bond donors (Lipinski definition) is 0. The quantitative estimate of drug-likeness (QED) is 0.150. The van der Waals surface area contributed by atoms with Gasteiger partial charge in [0.15, 0.2) is 29.1 Å². The zero-order valence-corrected chi connectivity index (χ0v) is 25.4. The van der Waals surface area contributed by atoms with Gasteiger partial charge in [0, 0.05) is 27.8 Å². The molecule has 52 heavy (non-hydrogen) atoms. The first-order valence-electron chi connectivity index (χ1n) is 13.5. The van der Waals surface area contributed by atoms with E-state index in [1.807, 2.05) is 0 Å². The molecule has 3 aromatic rings. The van der Waals surface area contributed by atoms with Crippen molar-refractivity contribution >= 4 is 16.7 Å². The molecule has 0 heterocycles. The van der Waals surface area contributed by atoms with Gasteiger partial charge in [0.1, 0.15) is 53.4 Å². The number of nitrogens with zero attached hydrogens (tertiary/aromatic N) is 6. The standard InChI is InChI=1S/C34H8F12N6/c1-11-3-19(33(41,42)43)21(20(4-11)34(44,45)46)16(8-50)22-23(17(9-51)25-27(35)12(2)13(5-47)29(37)31(25)39)24(22)18(10-52)26-28(36)14(6-48)15(7-49)30(38)32(26)40/h3-4H,1-2H3. The van der Waals surface area contributed by atoms with Crippen molar-refractivity contribution in [3.05, 3.63) is 119 Å². The molecule has 0 bridgehead atoms. The zero-order chi connectivity index (χ0) is 39.4. The topological polar surface area (TPSA) is 143 Å². The average molecular weight is 728 g/mol. The highest BCUT2D eigenvalue weighted by Crippen LogP contribution is 2.58. The number of rotatable bonds is 3. The van der Waals surface area contributed by atoms with E-state index in [1.165, 1.54) is 0 Å². The van der Waals surface area contributed by atoms with Gasteiger partial charge in [-0.3, -0.25) is 0 Å². The molecule has 1 aliphatic carbocycles. The predicted octanol–water partition coefficient (Wildman–Crippen LogP) is 9.04. The maximum absolute atomic E-state index is 15.6. The minimum atomic E-state index is -5.70. The fourth-order valence-corrected chi connectivity index (χ4v) is 5.37. The molecule has 0 radical (unpaired) electrons. The molecule has 0 aromatic heterocycles. The van der Waals surface area contributed by atoms with E-state index in [9.17, 15) is 56.2 Å². The first-order valence-corrected chi connectivity index (χ1v) is 13.5. The Morgan fingerprint density at radius 1 is 0.462 bits per heavy atom. The first kappa shape index (κ1) is 37.8. The first-order chi connectivity index (χ1) is 24.2. The second-order valence-electron chi connectivity index (χ2n) is 10.5. The summed E-state index contributed by atoms with van der Waals surface area (Å²) < 4.78 is 178. The minimum Gasteiger partial charge on any atom is -0.206 e. The van der Waals surface area contributed by atoms with Crippen LogP contribution >= 0.6 is 0 Å². The van der Waals surface area contributed by atoms with Gasteiger partial charge in [-0.25, -0.2) is 26.3 Å². The van der Waals surface area contributed by atoms with Crippen molar-refractivity contribution in [3.63, 3.8) is 0 Å². The molecular weight excluding hydrogens is 720 g/mol. The van der Waals surface area contributed by atoms with E-state index in [2.05, 4.69) is 0 Å². The largest absolute Gasteiger partial charge is 0.417 e. The molecule has 1 aliphatic rings. The molecule has 1 fully saturated rings. The Bertz CT molecular complexity index is 2460. The van der Waals surface area contributed by atoms with Gasteiger partial charge in [0.05, 0.1) is 44.5 Å². The summed E-state index contributed by atoms with van der Waals surface area (Å²) in [4.78, 5) is 0. The van der Waals surface area contributed by atoms with Gasteiger partial charge in [-0.05, 0) is 31.5 Å². The van der Waals surface area contributed by atoms with Gasteiger partial charge in [-0.15, -0.1) is 0 Å². The average Bonchev–Trinajstić information content (AvgIpc) is 3.79. The van der Waals surface area contributed by atoms with Crippen LogP contribution in [0.2, 0.25) is 0 Å². The van der Waals surface area contributed by atoms with E-state index in [4.69, 9.17) is 10.5 Å². The second-order valence-corrected chi connectivity index (χ2v) is 10.5. The summed E-state index contributed by atoms with van der Waals surface area (Å²) in [6.07, 6.45) is -11.4. The Morgan fingerprint density at radius 2 is 0.788 bits per heavy atom. The van der Waals surface area contributed by atoms with Gasteiger partial charge in [-0.1, -0.05) is 0 Å². The van der Waals surface area contributed by atoms with Crippen LogP contribution in [0, 0.1) is 117 Å². The van der Waals surface area contributed by atoms with E-state index in [0.29, 0.717) is 6.92 Å². The normalized spacial score (nSPS) is 15.3. The summed E-state index contributed by atoms with van der Waals surface area (Å²) in [6.45, 7) is 1.51. The summed E-state index contributed by atoms with van der Waals surface area (Å²) in [5.74, 6) is -13.2. The summed E-state index contributed by atoms with van der Waals surface area (Å²) in [6, 6.07) is 6.65. The summed E-state index contributed by atoms with van der Waals surface area (Å²) in [5, 5.41) is 57.8. The SMILES string of the molecule is Cc1cc(C(F)(F)F)c(C(C#N)=C2C(=C(C#N)c3c(F)c(C)c(C#N)c(F)c3F)C2=C(C#N)c2c(F)c(F)c(C#N)c(C#N)c2F)c(C(F)(F)F)c1. The van der Waals surface area contributed by atoms with Gasteiger partial charge in [0.2, 0.25) is 0 Å². The summed E-state index contributed by atoms with van der Waals surface area (Å²) in [7, 11) is 0. The van der Waals surface area contributed by atoms with Crippen molar-refractivity contribution < 1.29 is 52.7 Å². The molecule has 1 saturated carbocycles. The van der Waals surface area contributed by atoms with Crippen LogP contribution < -0.4 is 0 Å². The number of nitriles is 6. The van der Waals surface area contributed by atoms with Crippen LogP contribution in [0.3, 0.4) is 0 Å². The van der Waals surface area contributed by atoms with Gasteiger partial charge in [-0.2, -0.15) is 57.9 Å². The van der Waals surface area contributed by atoms with Crippen molar-refractivity contribution in [3.8, 4) is 36.4 Å². The molecule has 0 spiro atoms. The molecule has 0 N–H and O–H groups in total. The molecule has 6 nitrogen and oxygen atoms in total. The van der Waals surface area contributed by atoms with Crippen LogP contribution in [0.4, 0.5) is 52.7 Å². The molecule has 3 aromatic carbocycles. The van der Waals surface area contributed by atoms with E-state index >= 15 is 17.6 Å². The molecular formula is C34H8F12N6. The zero-order valence-electron chi connectivity index (χ0n) is 25.4. The van der Waals surface area contributed by atoms with Gasteiger partial charge in [0.25, 0.3) is 0 Å². The third kappa shape index (κ3) is 5.73. The third-order valence-corrected chi connectivity index (χ3v) is 7.63. The molecule has 258 valence electrons. The number of allylic oxidation sites excluding steroid dienone is 6. The molecule has 4 rings (SSSR count). The van der Waals surface area contributed by atoms with Crippen molar-refractivity contribution in [2.45, 2.75) is 26.2 Å². The van der Waals surface area contributed by atoms with Gasteiger partial charge < -0.3 is 0 Å². The fourth-order valence-electron chi connectivity index (χ4n) is 5.37. The molecule has 0 amide bonds. The lowest BCUT2D eigenvalue weighted by Gasteiger charge is -2.19. The van der Waals surface area contributed by atoms with Crippen LogP contribution in [-0.2, 0) is 12.4 Å². The van der Waals surface area contributed by atoms with Crippen molar-refractivity contribution in [2.75, 3.05) is 0 Å². The molecule has 0 atom stereocenters. The lowest BCUT2D eigenvalue weighted by molar-refractivity contribution is -0.143. The van der Waals surface area contributed by atoms with Crippen LogP contribution in [0.5, 0.6) is 0 Å². The third-order valence-electron chi connectivity index (χ3n) is 7.63. The highest BCUT2D eigenvalue weighted by molar-refractivity contribution is 6.12. The second kappa shape index (κ2) is 13.0. The highest BCUT2D eigenvalue weighted by atomic mass is 19.4. The number of hydrogen-bond acceptors (Lipinski definition) is 6. The van der Waals surface area contributed by atoms with E-state index < -0.39 is 136 Å². The van der Waals surface area contributed by atoms with Crippen LogP contribution in [0.15, 0.2) is 28.9 Å². The van der Waals surface area contributed by atoms with E-state index in [1.54, 1.807) is 0 Å². The minimum absolute atomic E-state index is 0.154. The van der Waals surface area contributed by atoms with Gasteiger partial charge >= 0.3 is 12.4 Å². The Labute approximate surface area is 283 Å². The van der Waals surface area contributed by atoms with Crippen molar-refractivity contribution in [1.29, 1.82) is 31.6 Å². The number of alkyl halides is 6. The summed E-state index contributed by atoms with van der Waals surface area (Å²) >= 11 is 0. The number of halogens is 12. The molecule has 0 saturated heterocycles. The predicted molar refractivity (Wildman–Crippen MR) is 150 cm³/mol. The molecule has 0 aliphatic heterocycles. The highest BCUT2D eigenvalue weighted by Gasteiger charge is 2.48. The van der Waals surface area contributed by atoms with Crippen LogP contribution in [-0.4, -0.2) is 0 Å². The smallest absolute Gasteiger partial charge is 0.206 e. The lowest BCUT2D eigenvalue weighted by Crippen LogP contribution is -2.17. The van der Waals surface area contributed by atoms with Crippen molar-refractivity contribution in [1.82, 2.24) is 0 Å². The Hall–Kier alpha value is -7.02. The Morgan fingerprint density at radius 3 is 1.13 bits per heavy atom. The Kier molecular flexibility index (Phi) is 9.47. The van der Waals surface area contributed by atoms with Crippen LogP contribution in [0.25, 0.3) is 16.7 Å². The molecule has 18 heteroatoms. The molecule has 0 unspecified atom stereocenters. The maximum Gasteiger partial charge on any atom is 0.417 e. The lowest BCUT2D eigenvalue weighted by atomic mass is 9.90. The van der Waals surface area contributed by atoms with Crippen molar-refractivity contribution in [2.24, 2.45) is 0 Å². The Balaban J connectivity index is 2.45. The van der Waals surface area contributed by atoms with Crippen LogP contribution in [0.1, 0.15) is 55.6 Å².